The topological polar surface area (TPSA) is 92.7 Å². The number of benzene rings is 1. The summed E-state index contributed by atoms with van der Waals surface area (Å²) in [5.41, 5.74) is 0.0760. The highest BCUT2D eigenvalue weighted by Gasteiger charge is 2.21. The van der Waals surface area contributed by atoms with E-state index in [1.54, 1.807) is 0 Å². The molecule has 0 aromatic heterocycles. The number of ether oxygens (including phenoxy) is 1. The van der Waals surface area contributed by atoms with Crippen LogP contribution in [0.5, 0.6) is 0 Å². The van der Waals surface area contributed by atoms with Gasteiger partial charge in [-0.25, -0.2) is 13.6 Å². The second-order valence-electron chi connectivity index (χ2n) is 4.53. The molecule has 8 heteroatoms. The first-order valence-electron chi connectivity index (χ1n) is 6.35. The maximum Gasteiger partial charge on any atom is 0.326 e. The number of halogens is 2. The van der Waals surface area contributed by atoms with E-state index in [0.717, 1.165) is 19.2 Å². The third-order valence-corrected chi connectivity index (χ3v) is 2.79. The number of esters is 1. The van der Waals surface area contributed by atoms with Gasteiger partial charge < -0.3 is 15.2 Å². The van der Waals surface area contributed by atoms with Gasteiger partial charge in [0, 0.05) is 12.5 Å². The zero-order valence-electron chi connectivity index (χ0n) is 11.8. The van der Waals surface area contributed by atoms with Crippen LogP contribution >= 0.6 is 0 Å². The first kappa shape index (κ1) is 17.5. The van der Waals surface area contributed by atoms with E-state index < -0.39 is 35.5 Å². The van der Waals surface area contributed by atoms with Crippen molar-refractivity contribution in [1.82, 2.24) is 5.32 Å². The third kappa shape index (κ3) is 5.86. The van der Waals surface area contributed by atoms with Crippen LogP contribution in [-0.4, -0.2) is 36.1 Å². The lowest BCUT2D eigenvalue weighted by molar-refractivity contribution is -0.144. The van der Waals surface area contributed by atoms with Crippen molar-refractivity contribution in [1.29, 1.82) is 0 Å². The van der Waals surface area contributed by atoms with Crippen LogP contribution in [0.1, 0.15) is 18.4 Å². The Morgan fingerprint density at radius 3 is 2.32 bits per heavy atom. The molecule has 0 aliphatic heterocycles. The number of methoxy groups -OCH3 is 1. The number of nitrogens with one attached hydrogen (secondary N) is 1. The lowest BCUT2D eigenvalue weighted by Gasteiger charge is -2.14. The minimum absolute atomic E-state index is 0.0760. The SMILES string of the molecule is COC(=O)CC[C@@H](NC(=O)Cc1cc(F)cc(F)c1)C(=O)O. The highest BCUT2D eigenvalue weighted by Crippen LogP contribution is 2.09. The minimum Gasteiger partial charge on any atom is -0.480 e. The van der Waals surface area contributed by atoms with Crippen LogP contribution in [0.25, 0.3) is 0 Å². The average molecular weight is 315 g/mol. The molecule has 0 spiro atoms. The molecule has 1 amide bonds. The molecule has 120 valence electrons. The molecule has 0 radical (unpaired) electrons. The average Bonchev–Trinajstić information content (AvgIpc) is 2.41. The molecule has 0 aliphatic carbocycles. The Kier molecular flexibility index (Phi) is 6.43. The normalized spacial score (nSPS) is 11.6. The Hall–Kier alpha value is -2.51. The fourth-order valence-corrected chi connectivity index (χ4v) is 1.77. The molecule has 1 atom stereocenters. The highest BCUT2D eigenvalue weighted by molar-refractivity contribution is 5.85. The Morgan fingerprint density at radius 1 is 1.23 bits per heavy atom. The summed E-state index contributed by atoms with van der Waals surface area (Å²) in [6, 6.07) is 1.34. The second kappa shape index (κ2) is 8.06. The molecule has 2 N–H and O–H groups in total. The van der Waals surface area contributed by atoms with Gasteiger partial charge in [-0.2, -0.15) is 0 Å². The fraction of sp³-hybridized carbons (Fsp3) is 0.357. The van der Waals surface area contributed by atoms with Crippen molar-refractivity contribution in [2.24, 2.45) is 0 Å². The van der Waals surface area contributed by atoms with E-state index in [0.29, 0.717) is 6.07 Å². The Labute approximate surface area is 125 Å². The van der Waals surface area contributed by atoms with E-state index in [-0.39, 0.29) is 24.8 Å². The zero-order valence-corrected chi connectivity index (χ0v) is 11.8. The van der Waals surface area contributed by atoms with Gasteiger partial charge in [-0.1, -0.05) is 0 Å². The van der Waals surface area contributed by atoms with Gasteiger partial charge in [-0.15, -0.1) is 0 Å². The van der Waals surface area contributed by atoms with Gasteiger partial charge in [0.1, 0.15) is 17.7 Å². The van der Waals surface area contributed by atoms with Crippen LogP contribution < -0.4 is 5.32 Å². The van der Waals surface area contributed by atoms with Gasteiger partial charge in [0.05, 0.1) is 13.5 Å². The number of carboxylic acids is 1. The van der Waals surface area contributed by atoms with Crippen molar-refractivity contribution in [2.75, 3.05) is 7.11 Å². The number of carboxylic acid groups (broad SMARTS) is 1. The summed E-state index contributed by atoms with van der Waals surface area (Å²) >= 11 is 0. The number of hydrogen-bond acceptors (Lipinski definition) is 4. The van der Waals surface area contributed by atoms with Gasteiger partial charge in [0.2, 0.25) is 5.91 Å². The quantitative estimate of drug-likeness (QED) is 0.733. The van der Waals surface area contributed by atoms with Crippen molar-refractivity contribution < 1.29 is 33.0 Å². The van der Waals surface area contributed by atoms with Gasteiger partial charge in [-0.3, -0.25) is 9.59 Å². The summed E-state index contributed by atoms with van der Waals surface area (Å²) in [4.78, 5) is 33.7. The molecular weight excluding hydrogens is 300 g/mol. The smallest absolute Gasteiger partial charge is 0.326 e. The van der Waals surface area contributed by atoms with Crippen molar-refractivity contribution in [3.8, 4) is 0 Å². The number of aliphatic carboxylic acids is 1. The lowest BCUT2D eigenvalue weighted by Crippen LogP contribution is -2.41. The van der Waals surface area contributed by atoms with E-state index in [9.17, 15) is 23.2 Å². The monoisotopic (exact) mass is 315 g/mol. The number of rotatable bonds is 7. The lowest BCUT2D eigenvalue weighted by atomic mass is 10.1. The zero-order chi connectivity index (χ0) is 16.7. The number of carbonyl (C=O) groups excluding carboxylic acids is 2. The number of carbonyl (C=O) groups is 3. The van der Waals surface area contributed by atoms with Crippen LogP contribution in [0, 0.1) is 11.6 Å². The summed E-state index contributed by atoms with van der Waals surface area (Å²) in [6.07, 6.45) is -0.704. The predicted molar refractivity (Wildman–Crippen MR) is 70.9 cm³/mol. The highest BCUT2D eigenvalue weighted by atomic mass is 19.1. The molecule has 0 unspecified atom stereocenters. The van der Waals surface area contributed by atoms with E-state index in [1.807, 2.05) is 0 Å². The number of hydrogen-bond donors (Lipinski definition) is 2. The summed E-state index contributed by atoms with van der Waals surface area (Å²) in [5, 5.41) is 11.2. The van der Waals surface area contributed by atoms with Crippen molar-refractivity contribution in [3.63, 3.8) is 0 Å². The first-order valence-corrected chi connectivity index (χ1v) is 6.35. The van der Waals surface area contributed by atoms with Crippen molar-refractivity contribution in [3.05, 3.63) is 35.4 Å². The molecule has 0 aliphatic rings. The van der Waals surface area contributed by atoms with E-state index >= 15 is 0 Å². The summed E-state index contributed by atoms with van der Waals surface area (Å²) in [5.74, 6) is -4.30. The van der Waals surface area contributed by atoms with Crippen LogP contribution in [0.15, 0.2) is 18.2 Å². The predicted octanol–water partition coefficient (Wildman–Crippen LogP) is 1.03. The maximum atomic E-state index is 13.0. The van der Waals surface area contributed by atoms with Gasteiger partial charge in [0.15, 0.2) is 0 Å². The van der Waals surface area contributed by atoms with Crippen molar-refractivity contribution in [2.45, 2.75) is 25.3 Å². The Morgan fingerprint density at radius 2 is 1.82 bits per heavy atom. The molecule has 0 bridgehead atoms. The molecular formula is C14H15F2NO5. The summed E-state index contributed by atoms with van der Waals surface area (Å²) < 4.78 is 30.4. The molecule has 6 nitrogen and oxygen atoms in total. The largest absolute Gasteiger partial charge is 0.480 e. The van der Waals surface area contributed by atoms with E-state index in [1.165, 1.54) is 0 Å². The second-order valence-corrected chi connectivity index (χ2v) is 4.53. The molecule has 0 saturated heterocycles. The molecule has 22 heavy (non-hydrogen) atoms. The molecule has 0 saturated carbocycles. The Balaban J connectivity index is 2.63. The first-order chi connectivity index (χ1) is 10.3. The maximum absolute atomic E-state index is 13.0. The van der Waals surface area contributed by atoms with Crippen LogP contribution in [0.3, 0.4) is 0 Å². The van der Waals surface area contributed by atoms with Gasteiger partial charge >= 0.3 is 11.9 Å². The van der Waals surface area contributed by atoms with Crippen LogP contribution in [0.4, 0.5) is 8.78 Å². The van der Waals surface area contributed by atoms with Gasteiger partial charge in [0.25, 0.3) is 0 Å². The molecule has 0 fully saturated rings. The number of amides is 1. The minimum atomic E-state index is -1.32. The Bertz CT molecular complexity index is 556. The van der Waals surface area contributed by atoms with E-state index in [4.69, 9.17) is 5.11 Å². The molecule has 1 aromatic carbocycles. The standard InChI is InChI=1S/C14H15F2NO5/c1-22-13(19)3-2-11(14(20)21)17-12(18)6-8-4-9(15)7-10(16)5-8/h4-5,7,11H,2-3,6H2,1H3,(H,17,18)(H,20,21)/t11-/m1/s1. The molecule has 1 rings (SSSR count). The summed E-state index contributed by atoms with van der Waals surface area (Å²) in [6.45, 7) is 0. The fourth-order valence-electron chi connectivity index (χ4n) is 1.77. The van der Waals surface area contributed by atoms with E-state index in [2.05, 4.69) is 10.1 Å². The summed E-state index contributed by atoms with van der Waals surface area (Å²) in [7, 11) is 1.16. The molecule has 0 heterocycles. The third-order valence-electron chi connectivity index (χ3n) is 2.79. The van der Waals surface area contributed by atoms with Crippen molar-refractivity contribution >= 4 is 17.8 Å². The van der Waals surface area contributed by atoms with Crippen LogP contribution in [-0.2, 0) is 25.5 Å². The molecule has 1 aromatic rings. The van der Waals surface area contributed by atoms with Crippen LogP contribution in [0.2, 0.25) is 0 Å². The van der Waals surface area contributed by atoms with Gasteiger partial charge in [-0.05, 0) is 24.1 Å².